The molecule has 21 heavy (non-hydrogen) atoms. The molecule has 0 aromatic carbocycles. The number of methoxy groups -OCH3 is 1. The molecular weight excluding hydrogens is 280 g/mol. The molecule has 0 bridgehead atoms. The molecule has 0 amide bonds. The van der Waals surface area contributed by atoms with Crippen molar-refractivity contribution in [3.8, 4) is 0 Å². The number of rotatable bonds is 7. The minimum Gasteiger partial charge on any atom is -0.396 e. The SMILES string of the molecule is COC(C(O)C(O)N(C)C)n1cc(CCO)c(N)nc1=O. The standard InChI is InChI=1S/C12H22N4O5/c1-15(2)10(19)8(18)11(21-3)16-6-7(4-5-17)9(13)14-12(16)20/h6,8,10-11,17-19H,4-5H2,1-3H3,(H2,13,14,20). The van der Waals surface area contributed by atoms with Crippen LogP contribution in [0, 0.1) is 0 Å². The maximum atomic E-state index is 11.9. The normalized spacial score (nSPS) is 16.0. The molecule has 0 aliphatic heterocycles. The molecule has 0 spiro atoms. The smallest absolute Gasteiger partial charge is 0.351 e. The largest absolute Gasteiger partial charge is 0.396 e. The van der Waals surface area contributed by atoms with Crippen LogP contribution in [0.4, 0.5) is 5.82 Å². The minimum atomic E-state index is -1.38. The second-order valence-electron chi connectivity index (χ2n) is 4.81. The average molecular weight is 302 g/mol. The number of nitrogens with two attached hydrogens (primary N) is 1. The van der Waals surface area contributed by atoms with Crippen molar-refractivity contribution in [3.63, 3.8) is 0 Å². The van der Waals surface area contributed by atoms with Gasteiger partial charge in [-0.2, -0.15) is 4.98 Å². The van der Waals surface area contributed by atoms with E-state index in [9.17, 15) is 15.0 Å². The first kappa shape index (κ1) is 17.5. The zero-order valence-electron chi connectivity index (χ0n) is 12.3. The summed E-state index contributed by atoms with van der Waals surface area (Å²) in [5, 5.41) is 29.0. The first-order valence-corrected chi connectivity index (χ1v) is 6.37. The van der Waals surface area contributed by atoms with Crippen molar-refractivity contribution in [2.24, 2.45) is 0 Å². The van der Waals surface area contributed by atoms with Crippen LogP contribution in [-0.2, 0) is 11.2 Å². The quantitative estimate of drug-likeness (QED) is 0.415. The van der Waals surface area contributed by atoms with Crippen molar-refractivity contribution >= 4 is 5.82 Å². The first-order chi connectivity index (χ1) is 9.83. The summed E-state index contributed by atoms with van der Waals surface area (Å²) in [6, 6.07) is 0. The van der Waals surface area contributed by atoms with E-state index in [4.69, 9.17) is 15.6 Å². The van der Waals surface area contributed by atoms with Crippen LogP contribution in [0.2, 0.25) is 0 Å². The maximum Gasteiger partial charge on any atom is 0.351 e. The molecule has 1 heterocycles. The highest BCUT2D eigenvalue weighted by Crippen LogP contribution is 2.17. The fourth-order valence-corrected chi connectivity index (χ4v) is 1.89. The van der Waals surface area contributed by atoms with E-state index in [1.807, 2.05) is 0 Å². The van der Waals surface area contributed by atoms with Crippen LogP contribution in [0.1, 0.15) is 11.8 Å². The van der Waals surface area contributed by atoms with Crippen molar-refractivity contribution < 1.29 is 20.1 Å². The summed E-state index contributed by atoms with van der Waals surface area (Å²) in [4.78, 5) is 16.9. The third-order valence-corrected chi connectivity index (χ3v) is 3.08. The van der Waals surface area contributed by atoms with Crippen LogP contribution >= 0.6 is 0 Å². The second kappa shape index (κ2) is 7.48. The van der Waals surface area contributed by atoms with Crippen molar-refractivity contribution in [2.75, 3.05) is 33.5 Å². The third kappa shape index (κ3) is 3.99. The van der Waals surface area contributed by atoms with Gasteiger partial charge in [-0.3, -0.25) is 9.47 Å². The number of anilines is 1. The molecule has 0 radical (unpaired) electrons. The van der Waals surface area contributed by atoms with E-state index in [1.165, 1.54) is 18.2 Å². The average Bonchev–Trinajstić information content (AvgIpc) is 2.43. The number of likely N-dealkylation sites (N-methyl/N-ethyl adjacent to an activating group) is 1. The lowest BCUT2D eigenvalue weighted by atomic mass is 10.2. The van der Waals surface area contributed by atoms with E-state index < -0.39 is 24.2 Å². The Balaban J connectivity index is 3.21. The Kier molecular flexibility index (Phi) is 6.24. The van der Waals surface area contributed by atoms with Gasteiger partial charge in [0, 0.05) is 31.9 Å². The summed E-state index contributed by atoms with van der Waals surface area (Å²) in [6.45, 7) is -0.162. The van der Waals surface area contributed by atoms with Gasteiger partial charge in [-0.05, 0) is 14.1 Å². The summed E-state index contributed by atoms with van der Waals surface area (Å²) in [6.07, 6.45) is -2.18. The van der Waals surface area contributed by atoms with E-state index in [0.29, 0.717) is 5.56 Å². The fraction of sp³-hybridized carbons (Fsp3) is 0.667. The molecule has 5 N–H and O–H groups in total. The Labute approximate surface area is 122 Å². The van der Waals surface area contributed by atoms with Crippen LogP contribution in [0.25, 0.3) is 0 Å². The van der Waals surface area contributed by atoms with Crippen molar-refractivity contribution in [1.82, 2.24) is 14.5 Å². The van der Waals surface area contributed by atoms with Crippen molar-refractivity contribution in [2.45, 2.75) is 25.0 Å². The van der Waals surface area contributed by atoms with E-state index in [0.717, 1.165) is 4.57 Å². The summed E-state index contributed by atoms with van der Waals surface area (Å²) < 4.78 is 6.15. The lowest BCUT2D eigenvalue weighted by Gasteiger charge is -2.30. The Morgan fingerprint density at radius 1 is 1.48 bits per heavy atom. The minimum absolute atomic E-state index is 0.0165. The summed E-state index contributed by atoms with van der Waals surface area (Å²) in [5.74, 6) is 0.0165. The van der Waals surface area contributed by atoms with E-state index in [1.54, 1.807) is 14.1 Å². The Morgan fingerprint density at radius 2 is 2.10 bits per heavy atom. The highest BCUT2D eigenvalue weighted by Gasteiger charge is 2.30. The number of hydrogen-bond acceptors (Lipinski definition) is 8. The molecule has 3 atom stereocenters. The zero-order chi connectivity index (χ0) is 16.2. The van der Waals surface area contributed by atoms with Gasteiger partial charge >= 0.3 is 5.69 Å². The number of nitrogen functional groups attached to an aromatic ring is 1. The number of aliphatic hydroxyl groups excluding tert-OH is 3. The number of aliphatic hydroxyl groups is 3. The van der Waals surface area contributed by atoms with Gasteiger partial charge in [0.1, 0.15) is 18.1 Å². The molecular formula is C12H22N4O5. The van der Waals surface area contributed by atoms with Crippen molar-refractivity contribution in [1.29, 1.82) is 0 Å². The molecule has 120 valence electrons. The lowest BCUT2D eigenvalue weighted by Crippen LogP contribution is -2.46. The Hall–Kier alpha value is -1.52. The van der Waals surface area contributed by atoms with Gasteiger partial charge in [0.2, 0.25) is 0 Å². The second-order valence-corrected chi connectivity index (χ2v) is 4.81. The van der Waals surface area contributed by atoms with E-state index in [-0.39, 0.29) is 18.8 Å². The Bertz CT molecular complexity index is 519. The topological polar surface area (TPSA) is 134 Å². The van der Waals surface area contributed by atoms with Gasteiger partial charge in [0.15, 0.2) is 6.23 Å². The monoisotopic (exact) mass is 302 g/mol. The molecule has 0 fully saturated rings. The molecule has 1 aromatic heterocycles. The van der Waals surface area contributed by atoms with Crippen LogP contribution in [0.3, 0.4) is 0 Å². The molecule has 0 aliphatic carbocycles. The number of hydrogen-bond donors (Lipinski definition) is 4. The van der Waals surface area contributed by atoms with Crippen molar-refractivity contribution in [3.05, 3.63) is 22.2 Å². The first-order valence-electron chi connectivity index (χ1n) is 6.37. The number of nitrogens with zero attached hydrogens (tertiary/aromatic N) is 3. The zero-order valence-corrected chi connectivity index (χ0v) is 12.3. The maximum absolute atomic E-state index is 11.9. The third-order valence-electron chi connectivity index (χ3n) is 3.08. The summed E-state index contributed by atoms with van der Waals surface area (Å²) in [7, 11) is 4.44. The van der Waals surface area contributed by atoms with E-state index in [2.05, 4.69) is 4.98 Å². The molecule has 0 saturated heterocycles. The highest BCUT2D eigenvalue weighted by molar-refractivity contribution is 5.36. The molecule has 9 nitrogen and oxygen atoms in total. The molecule has 9 heteroatoms. The van der Waals surface area contributed by atoms with Gasteiger partial charge in [-0.15, -0.1) is 0 Å². The Morgan fingerprint density at radius 3 is 2.57 bits per heavy atom. The van der Waals surface area contributed by atoms with Crippen LogP contribution in [-0.4, -0.2) is 69.9 Å². The molecule has 0 aliphatic rings. The fourth-order valence-electron chi connectivity index (χ4n) is 1.89. The van der Waals surface area contributed by atoms with Crippen LogP contribution in [0.5, 0.6) is 0 Å². The lowest BCUT2D eigenvalue weighted by molar-refractivity contribution is -0.147. The molecule has 1 aromatic rings. The summed E-state index contributed by atoms with van der Waals surface area (Å²) >= 11 is 0. The van der Waals surface area contributed by atoms with Gasteiger partial charge in [-0.1, -0.05) is 0 Å². The van der Waals surface area contributed by atoms with Gasteiger partial charge < -0.3 is 25.8 Å². The molecule has 3 unspecified atom stereocenters. The van der Waals surface area contributed by atoms with Crippen LogP contribution in [0.15, 0.2) is 11.0 Å². The van der Waals surface area contributed by atoms with Gasteiger partial charge in [0.05, 0.1) is 0 Å². The molecule has 1 rings (SSSR count). The predicted molar refractivity (Wildman–Crippen MR) is 75.4 cm³/mol. The predicted octanol–water partition coefficient (Wildman–Crippen LogP) is -2.25. The number of aromatic nitrogens is 2. The highest BCUT2D eigenvalue weighted by atomic mass is 16.5. The van der Waals surface area contributed by atoms with Gasteiger partial charge in [0.25, 0.3) is 0 Å². The number of ether oxygens (including phenoxy) is 1. The molecule has 0 saturated carbocycles. The van der Waals surface area contributed by atoms with Crippen LogP contribution < -0.4 is 11.4 Å². The van der Waals surface area contributed by atoms with Gasteiger partial charge in [-0.25, -0.2) is 4.79 Å². The van der Waals surface area contributed by atoms with E-state index >= 15 is 0 Å². The summed E-state index contributed by atoms with van der Waals surface area (Å²) in [5.41, 5.74) is 5.34.